The molecule has 0 amide bonds. The molecule has 1 aromatic heterocycles. The minimum absolute atomic E-state index is 0.210. The summed E-state index contributed by atoms with van der Waals surface area (Å²) in [5.74, 6) is 0.648. The Balaban J connectivity index is 1.91. The van der Waals surface area contributed by atoms with E-state index in [1.807, 2.05) is 48.5 Å². The Kier molecular flexibility index (Phi) is 5.27. The number of hydrogen-bond donors (Lipinski definition) is 0. The van der Waals surface area contributed by atoms with E-state index in [-0.39, 0.29) is 11.4 Å². The molecule has 4 aromatic rings. The van der Waals surface area contributed by atoms with Crippen molar-refractivity contribution in [2.75, 3.05) is 0 Å². The highest BCUT2D eigenvalue weighted by molar-refractivity contribution is 6.34. The average Bonchev–Trinajstić information content (AvgIpc) is 2.74. The topological polar surface area (TPSA) is 72.0 Å². The van der Waals surface area contributed by atoms with Crippen LogP contribution in [0.4, 0.5) is 5.69 Å². The molecule has 0 saturated carbocycles. The Morgan fingerprint density at radius 1 is 0.931 bits per heavy atom. The summed E-state index contributed by atoms with van der Waals surface area (Å²) in [6.07, 6.45) is 0. The largest absolute Gasteiger partial charge is 0.282 e. The van der Waals surface area contributed by atoms with Crippen LogP contribution in [0.15, 0.2) is 99.0 Å². The van der Waals surface area contributed by atoms with Crippen molar-refractivity contribution in [1.29, 1.82) is 0 Å². The van der Waals surface area contributed by atoms with Crippen molar-refractivity contribution in [3.05, 3.63) is 106 Å². The number of rotatable bonds is 3. The average molecular weight is 402 g/mol. The molecule has 0 fully saturated rings. The summed E-state index contributed by atoms with van der Waals surface area (Å²) in [7, 11) is 0. The first-order valence-electron chi connectivity index (χ1n) is 8.92. The third-order valence-corrected chi connectivity index (χ3v) is 4.57. The zero-order chi connectivity index (χ0) is 20.2. The second-order valence-corrected chi connectivity index (χ2v) is 6.64. The smallest absolute Gasteiger partial charge is 0.267 e. The van der Waals surface area contributed by atoms with Gasteiger partial charge in [-0.1, -0.05) is 54.1 Å². The number of amidine groups is 1. The lowest BCUT2D eigenvalue weighted by atomic mass is 10.2. The summed E-state index contributed by atoms with van der Waals surface area (Å²) in [6, 6.07) is 23.6. The van der Waals surface area contributed by atoms with Crippen molar-refractivity contribution in [3.8, 4) is 0 Å². The molecule has 29 heavy (non-hydrogen) atoms. The molecule has 0 atom stereocenters. The van der Waals surface area contributed by atoms with Gasteiger partial charge in [0.2, 0.25) is 5.84 Å². The standard InChI is InChI=1S/C22H16ClN5O/c1-15-24-20-14-8-6-12-18(20)22(29)28(15)27-21(17-11-5-7-13-19(17)23)26-25-16-9-3-2-4-10-16/h2-14H,1H3/b26-25?,27-21-. The van der Waals surface area contributed by atoms with Crippen LogP contribution in [-0.4, -0.2) is 15.5 Å². The van der Waals surface area contributed by atoms with E-state index in [2.05, 4.69) is 20.3 Å². The molecule has 1 heterocycles. The van der Waals surface area contributed by atoms with Gasteiger partial charge in [-0.25, -0.2) is 4.98 Å². The van der Waals surface area contributed by atoms with Crippen molar-refractivity contribution in [2.24, 2.45) is 15.3 Å². The Morgan fingerprint density at radius 3 is 2.41 bits per heavy atom. The van der Waals surface area contributed by atoms with Gasteiger partial charge in [-0.05, 0) is 43.3 Å². The van der Waals surface area contributed by atoms with Crippen molar-refractivity contribution in [1.82, 2.24) is 9.66 Å². The number of aryl methyl sites for hydroxylation is 1. The summed E-state index contributed by atoms with van der Waals surface area (Å²) in [6.45, 7) is 1.72. The van der Waals surface area contributed by atoms with Crippen LogP contribution >= 0.6 is 11.6 Å². The fourth-order valence-corrected chi connectivity index (χ4v) is 3.04. The van der Waals surface area contributed by atoms with Crippen molar-refractivity contribution in [3.63, 3.8) is 0 Å². The lowest BCUT2D eigenvalue weighted by Crippen LogP contribution is -2.22. The van der Waals surface area contributed by atoms with Crippen molar-refractivity contribution in [2.45, 2.75) is 6.92 Å². The van der Waals surface area contributed by atoms with Gasteiger partial charge in [0, 0.05) is 5.56 Å². The maximum Gasteiger partial charge on any atom is 0.282 e. The van der Waals surface area contributed by atoms with Gasteiger partial charge in [0.25, 0.3) is 5.56 Å². The Hall–Kier alpha value is -3.64. The Bertz CT molecular complexity index is 1300. The summed E-state index contributed by atoms with van der Waals surface area (Å²) in [4.78, 5) is 17.5. The zero-order valence-electron chi connectivity index (χ0n) is 15.5. The number of para-hydroxylation sites is 1. The Morgan fingerprint density at radius 2 is 1.62 bits per heavy atom. The van der Waals surface area contributed by atoms with Crippen LogP contribution in [-0.2, 0) is 0 Å². The highest BCUT2D eigenvalue weighted by atomic mass is 35.5. The summed E-state index contributed by atoms with van der Waals surface area (Å²) in [5.41, 5.74) is 1.56. The van der Waals surface area contributed by atoms with Crippen LogP contribution in [0.25, 0.3) is 10.9 Å². The molecule has 0 aliphatic rings. The first kappa shape index (κ1) is 18.7. The number of aromatic nitrogens is 2. The maximum absolute atomic E-state index is 13.0. The van der Waals surface area contributed by atoms with Gasteiger partial charge in [0.1, 0.15) is 5.82 Å². The van der Waals surface area contributed by atoms with Crippen LogP contribution < -0.4 is 5.56 Å². The number of azo groups is 1. The van der Waals surface area contributed by atoms with Crippen molar-refractivity contribution < 1.29 is 0 Å². The van der Waals surface area contributed by atoms with E-state index >= 15 is 0 Å². The summed E-state index contributed by atoms with van der Waals surface area (Å²) in [5, 5.41) is 13.9. The monoisotopic (exact) mass is 401 g/mol. The maximum atomic E-state index is 13.0. The van der Waals surface area contributed by atoms with Gasteiger partial charge >= 0.3 is 0 Å². The van der Waals surface area contributed by atoms with Gasteiger partial charge in [-0.15, -0.1) is 15.3 Å². The van der Waals surface area contributed by atoms with E-state index in [0.29, 0.717) is 33.0 Å². The molecule has 0 aliphatic carbocycles. The lowest BCUT2D eigenvalue weighted by Gasteiger charge is -2.08. The number of fused-ring (bicyclic) bond motifs is 1. The van der Waals surface area contributed by atoms with Crippen molar-refractivity contribution >= 4 is 34.0 Å². The van der Waals surface area contributed by atoms with E-state index in [1.54, 1.807) is 37.3 Å². The highest BCUT2D eigenvalue weighted by Crippen LogP contribution is 2.19. The molecule has 0 N–H and O–H groups in total. The van der Waals surface area contributed by atoms with E-state index in [0.717, 1.165) is 0 Å². The van der Waals surface area contributed by atoms with Gasteiger partial charge in [-0.3, -0.25) is 4.79 Å². The molecule has 7 heteroatoms. The first-order valence-corrected chi connectivity index (χ1v) is 9.30. The SMILES string of the molecule is Cc1nc2ccccc2c(=O)n1/N=C(\N=Nc1ccccc1)c1ccccc1Cl. The van der Waals surface area contributed by atoms with Crippen LogP contribution in [0.5, 0.6) is 0 Å². The van der Waals surface area contributed by atoms with Gasteiger partial charge in [0.15, 0.2) is 0 Å². The van der Waals surface area contributed by atoms with Crippen LogP contribution in [0, 0.1) is 6.92 Å². The van der Waals surface area contributed by atoms with E-state index < -0.39 is 0 Å². The predicted octanol–water partition coefficient (Wildman–Crippen LogP) is 5.35. The molecule has 6 nitrogen and oxygen atoms in total. The number of benzene rings is 3. The first-order chi connectivity index (χ1) is 14.1. The Labute approximate surface area is 171 Å². The quantitative estimate of drug-likeness (QED) is 0.263. The normalized spacial score (nSPS) is 12.0. The summed E-state index contributed by atoms with van der Waals surface area (Å²) >= 11 is 6.36. The van der Waals surface area contributed by atoms with Gasteiger partial charge < -0.3 is 0 Å². The molecular weight excluding hydrogens is 386 g/mol. The molecular formula is C22H16ClN5O. The van der Waals surface area contributed by atoms with Gasteiger partial charge in [-0.2, -0.15) is 4.68 Å². The molecule has 0 bridgehead atoms. The number of nitrogens with zero attached hydrogens (tertiary/aromatic N) is 5. The van der Waals surface area contributed by atoms with Gasteiger partial charge in [0.05, 0.1) is 21.6 Å². The van der Waals surface area contributed by atoms with Crippen LogP contribution in [0.1, 0.15) is 11.4 Å². The second-order valence-electron chi connectivity index (χ2n) is 6.23. The van der Waals surface area contributed by atoms with Crippen LogP contribution in [0.3, 0.4) is 0 Å². The molecule has 0 radical (unpaired) electrons. The number of halogens is 1. The second kappa shape index (κ2) is 8.16. The third-order valence-electron chi connectivity index (χ3n) is 4.24. The summed E-state index contributed by atoms with van der Waals surface area (Å²) < 4.78 is 1.23. The molecule has 3 aromatic carbocycles. The van der Waals surface area contributed by atoms with Crippen LogP contribution in [0.2, 0.25) is 5.02 Å². The minimum Gasteiger partial charge on any atom is -0.267 e. The predicted molar refractivity (Wildman–Crippen MR) is 115 cm³/mol. The molecule has 142 valence electrons. The zero-order valence-corrected chi connectivity index (χ0v) is 16.3. The highest BCUT2D eigenvalue weighted by Gasteiger charge is 2.12. The molecule has 0 unspecified atom stereocenters. The lowest BCUT2D eigenvalue weighted by molar-refractivity contribution is 0.764. The van der Waals surface area contributed by atoms with E-state index in [9.17, 15) is 4.79 Å². The number of hydrogen-bond acceptors (Lipinski definition) is 4. The molecule has 0 saturated heterocycles. The third kappa shape index (κ3) is 3.97. The van der Waals surface area contributed by atoms with E-state index in [1.165, 1.54) is 4.68 Å². The minimum atomic E-state index is -0.285. The fourth-order valence-electron chi connectivity index (χ4n) is 2.82. The van der Waals surface area contributed by atoms with E-state index in [4.69, 9.17) is 11.6 Å². The fraction of sp³-hybridized carbons (Fsp3) is 0.0455. The molecule has 0 spiro atoms. The molecule has 4 rings (SSSR count). The molecule has 0 aliphatic heterocycles.